The first-order valence-electron chi connectivity index (χ1n) is 5.30. The summed E-state index contributed by atoms with van der Waals surface area (Å²) < 4.78 is 13.5. The van der Waals surface area contributed by atoms with Crippen molar-refractivity contribution in [2.75, 3.05) is 11.9 Å². The smallest absolute Gasteiger partial charge is 0.224 e. The van der Waals surface area contributed by atoms with E-state index >= 15 is 0 Å². The highest BCUT2D eigenvalue weighted by Gasteiger charge is 2.25. The topological polar surface area (TPSA) is 86.6 Å². The molecular weight excluding hydrogens is 259 g/mol. The number of aromatic nitrogens is 2. The highest BCUT2D eigenvalue weighted by Crippen LogP contribution is 2.24. The van der Waals surface area contributed by atoms with E-state index in [0.29, 0.717) is 0 Å². The van der Waals surface area contributed by atoms with Crippen LogP contribution in [0.1, 0.15) is 20.8 Å². The van der Waals surface area contributed by atoms with Crippen LogP contribution < -0.4 is 5.32 Å². The van der Waals surface area contributed by atoms with Gasteiger partial charge >= 0.3 is 0 Å². The van der Waals surface area contributed by atoms with E-state index in [2.05, 4.69) is 25.3 Å². The highest BCUT2D eigenvalue weighted by molar-refractivity contribution is 6.28. The lowest BCUT2D eigenvalue weighted by Gasteiger charge is -2.30. The lowest BCUT2D eigenvalue weighted by Crippen LogP contribution is -2.37. The molecule has 8 heteroatoms. The maximum Gasteiger partial charge on any atom is 0.224 e. The Kier molecular flexibility index (Phi) is 4.69. The average molecular weight is 273 g/mol. The monoisotopic (exact) mass is 272 g/mol. The molecule has 1 aromatic heterocycles. The summed E-state index contributed by atoms with van der Waals surface area (Å²) in [5.74, 6) is -0.599. The third-order valence-electron chi connectivity index (χ3n) is 2.40. The number of azide groups is 1. The van der Waals surface area contributed by atoms with E-state index in [1.807, 2.05) is 20.8 Å². The number of anilines is 1. The second-order valence-corrected chi connectivity index (χ2v) is 5.15. The minimum atomic E-state index is -0.602. The number of rotatable bonds is 4. The number of halogens is 2. The molecule has 0 amide bonds. The van der Waals surface area contributed by atoms with Gasteiger partial charge in [-0.15, -0.1) is 0 Å². The molecule has 0 radical (unpaired) electrons. The van der Waals surface area contributed by atoms with Crippen molar-refractivity contribution >= 4 is 17.4 Å². The van der Waals surface area contributed by atoms with Crippen LogP contribution in [0.4, 0.5) is 10.2 Å². The van der Waals surface area contributed by atoms with Crippen molar-refractivity contribution in [1.29, 1.82) is 0 Å². The molecule has 0 saturated heterocycles. The SMILES string of the molecule is CC(C)(C)C(CN=[N+]=[N-])Nc1nc(Cl)ncc1F. The van der Waals surface area contributed by atoms with Gasteiger partial charge in [0.25, 0.3) is 0 Å². The Bertz CT molecular complexity index is 466. The number of hydrogen-bond donors (Lipinski definition) is 1. The van der Waals surface area contributed by atoms with Crippen LogP contribution in [-0.4, -0.2) is 22.6 Å². The maximum atomic E-state index is 13.5. The predicted molar refractivity (Wildman–Crippen MR) is 67.9 cm³/mol. The fraction of sp³-hybridized carbons (Fsp3) is 0.600. The third kappa shape index (κ3) is 4.01. The van der Waals surface area contributed by atoms with Gasteiger partial charge in [-0.1, -0.05) is 25.9 Å². The van der Waals surface area contributed by atoms with E-state index in [9.17, 15) is 4.39 Å². The molecule has 0 saturated carbocycles. The van der Waals surface area contributed by atoms with Crippen molar-refractivity contribution in [2.45, 2.75) is 26.8 Å². The summed E-state index contributed by atoms with van der Waals surface area (Å²) in [4.78, 5) is 10.00. The van der Waals surface area contributed by atoms with Crippen LogP contribution in [0.3, 0.4) is 0 Å². The molecule has 6 nitrogen and oxygen atoms in total. The lowest BCUT2D eigenvalue weighted by molar-refractivity contribution is 0.344. The van der Waals surface area contributed by atoms with Gasteiger partial charge in [-0.25, -0.2) is 9.37 Å². The Balaban J connectivity index is 2.95. The van der Waals surface area contributed by atoms with Crippen molar-refractivity contribution in [3.8, 4) is 0 Å². The fourth-order valence-electron chi connectivity index (χ4n) is 1.27. The van der Waals surface area contributed by atoms with Crippen molar-refractivity contribution in [3.05, 3.63) is 27.7 Å². The Morgan fingerprint density at radius 3 is 2.83 bits per heavy atom. The van der Waals surface area contributed by atoms with Crippen LogP contribution in [0.5, 0.6) is 0 Å². The van der Waals surface area contributed by atoms with Crippen molar-refractivity contribution < 1.29 is 4.39 Å². The molecule has 18 heavy (non-hydrogen) atoms. The maximum absolute atomic E-state index is 13.5. The highest BCUT2D eigenvalue weighted by atomic mass is 35.5. The quantitative estimate of drug-likeness (QED) is 0.394. The summed E-state index contributed by atoms with van der Waals surface area (Å²) in [6, 6.07) is -0.270. The molecule has 1 rings (SSSR count). The van der Waals surface area contributed by atoms with Gasteiger partial charge < -0.3 is 5.32 Å². The van der Waals surface area contributed by atoms with Gasteiger partial charge in [-0.05, 0) is 22.5 Å². The van der Waals surface area contributed by atoms with Gasteiger partial charge in [0.15, 0.2) is 11.6 Å². The summed E-state index contributed by atoms with van der Waals surface area (Å²) in [6.45, 7) is 6.01. The van der Waals surface area contributed by atoms with E-state index in [1.165, 1.54) is 0 Å². The van der Waals surface area contributed by atoms with Gasteiger partial charge in [0.2, 0.25) is 5.28 Å². The van der Waals surface area contributed by atoms with Crippen LogP contribution in [0.2, 0.25) is 5.28 Å². The molecule has 0 aliphatic carbocycles. The molecule has 0 aromatic carbocycles. The Labute approximate surface area is 109 Å². The second-order valence-electron chi connectivity index (χ2n) is 4.81. The second kappa shape index (κ2) is 5.84. The van der Waals surface area contributed by atoms with Crippen LogP contribution >= 0.6 is 11.6 Å². The van der Waals surface area contributed by atoms with Crippen molar-refractivity contribution in [3.63, 3.8) is 0 Å². The Morgan fingerprint density at radius 1 is 1.61 bits per heavy atom. The van der Waals surface area contributed by atoms with Gasteiger partial charge in [0.1, 0.15) is 0 Å². The van der Waals surface area contributed by atoms with Crippen molar-refractivity contribution in [2.24, 2.45) is 10.5 Å². The van der Waals surface area contributed by atoms with E-state index in [-0.39, 0.29) is 29.1 Å². The molecule has 0 spiro atoms. The van der Waals surface area contributed by atoms with Crippen LogP contribution in [0, 0.1) is 11.2 Å². The first kappa shape index (κ1) is 14.5. The number of nitrogens with one attached hydrogen (secondary N) is 1. The van der Waals surface area contributed by atoms with E-state index < -0.39 is 5.82 Å². The van der Waals surface area contributed by atoms with E-state index in [1.54, 1.807) is 0 Å². The first-order valence-corrected chi connectivity index (χ1v) is 5.68. The average Bonchev–Trinajstić information content (AvgIpc) is 2.27. The summed E-state index contributed by atoms with van der Waals surface area (Å²) in [5, 5.41) is 6.35. The molecular formula is C10H14ClFN6. The molecule has 0 aliphatic rings. The molecule has 1 aromatic rings. The van der Waals surface area contributed by atoms with Crippen LogP contribution in [0.15, 0.2) is 11.3 Å². The summed E-state index contributed by atoms with van der Waals surface area (Å²) in [5.41, 5.74) is 8.12. The standard InChI is InChI=1S/C10H14ClFN6/c1-10(2,3)7(5-15-18-13)16-8-6(12)4-14-9(11)17-8/h4,7H,5H2,1-3H3,(H,14,16,17). The predicted octanol–water partition coefficient (Wildman–Crippen LogP) is 3.41. The van der Waals surface area contributed by atoms with Crippen molar-refractivity contribution in [1.82, 2.24) is 9.97 Å². The first-order chi connectivity index (χ1) is 8.34. The third-order valence-corrected chi connectivity index (χ3v) is 2.58. The minimum Gasteiger partial charge on any atom is -0.364 e. The van der Waals surface area contributed by atoms with Gasteiger partial charge in [0, 0.05) is 17.5 Å². The number of nitrogens with zero attached hydrogens (tertiary/aromatic N) is 5. The van der Waals surface area contributed by atoms with Gasteiger partial charge in [-0.3, -0.25) is 0 Å². The normalized spacial score (nSPS) is 12.7. The van der Waals surface area contributed by atoms with E-state index in [4.69, 9.17) is 17.1 Å². The summed E-state index contributed by atoms with van der Waals surface area (Å²) in [6.07, 6.45) is 0.991. The molecule has 0 fully saturated rings. The van der Waals surface area contributed by atoms with Gasteiger partial charge in [-0.2, -0.15) is 4.98 Å². The molecule has 1 unspecified atom stereocenters. The Morgan fingerprint density at radius 2 is 2.28 bits per heavy atom. The van der Waals surface area contributed by atoms with Crippen LogP contribution in [-0.2, 0) is 0 Å². The lowest BCUT2D eigenvalue weighted by atomic mass is 9.87. The molecule has 98 valence electrons. The number of hydrogen-bond acceptors (Lipinski definition) is 4. The van der Waals surface area contributed by atoms with Gasteiger partial charge in [0.05, 0.1) is 6.20 Å². The minimum absolute atomic E-state index is 0.00284. The summed E-state index contributed by atoms with van der Waals surface area (Å²) >= 11 is 5.61. The fourth-order valence-corrected chi connectivity index (χ4v) is 1.40. The molecule has 1 N–H and O–H groups in total. The zero-order chi connectivity index (χ0) is 13.8. The Hall–Kier alpha value is -1.59. The van der Waals surface area contributed by atoms with E-state index in [0.717, 1.165) is 6.20 Å². The molecule has 1 heterocycles. The summed E-state index contributed by atoms with van der Waals surface area (Å²) in [7, 11) is 0. The molecule has 1 atom stereocenters. The zero-order valence-corrected chi connectivity index (χ0v) is 11.1. The molecule has 0 aliphatic heterocycles. The molecule has 0 bridgehead atoms. The zero-order valence-electron chi connectivity index (χ0n) is 10.4. The van der Waals surface area contributed by atoms with Crippen LogP contribution in [0.25, 0.3) is 10.4 Å². The largest absolute Gasteiger partial charge is 0.364 e.